The lowest BCUT2D eigenvalue weighted by atomic mass is 10.1. The smallest absolute Gasteiger partial charge is 0.102 e. The molecule has 1 aromatic carbocycles. The third-order valence-corrected chi connectivity index (χ3v) is 2.82. The van der Waals surface area contributed by atoms with Gasteiger partial charge in [0.05, 0.1) is 10.6 Å². The second-order valence-corrected chi connectivity index (χ2v) is 3.98. The van der Waals surface area contributed by atoms with Crippen LogP contribution in [0, 0.1) is 11.3 Å². The lowest BCUT2D eigenvalue weighted by Crippen LogP contribution is -1.86. The second-order valence-electron chi connectivity index (χ2n) is 3.17. The maximum Gasteiger partial charge on any atom is 0.102 e. The highest BCUT2D eigenvalue weighted by Gasteiger charge is 2.08. The summed E-state index contributed by atoms with van der Waals surface area (Å²) in [6, 6.07) is 9.22. The summed E-state index contributed by atoms with van der Waals surface area (Å²) < 4.78 is 0. The zero-order chi connectivity index (χ0) is 11.5. The normalized spacial score (nSPS) is 9.81. The van der Waals surface area contributed by atoms with Crippen LogP contribution in [0.2, 0.25) is 10.0 Å². The Morgan fingerprint density at radius 1 is 1.06 bits per heavy atom. The van der Waals surface area contributed by atoms with Gasteiger partial charge in [-0.2, -0.15) is 5.26 Å². The Morgan fingerprint density at radius 2 is 1.75 bits per heavy atom. The minimum Gasteiger partial charge on any atom is -0.263 e. The standard InChI is InChI=1S/C12H6Cl2N2/c13-10-3-1-8(2-4-10)11-7-16-6-9(5-15)12(11)14/h1-4,6-7H. The molecule has 78 valence electrons. The molecule has 0 bridgehead atoms. The van der Waals surface area contributed by atoms with Gasteiger partial charge in [-0.1, -0.05) is 35.3 Å². The van der Waals surface area contributed by atoms with E-state index in [1.54, 1.807) is 18.3 Å². The van der Waals surface area contributed by atoms with E-state index in [4.69, 9.17) is 28.5 Å². The van der Waals surface area contributed by atoms with E-state index in [0.29, 0.717) is 15.6 Å². The molecule has 0 N–H and O–H groups in total. The summed E-state index contributed by atoms with van der Waals surface area (Å²) in [5.41, 5.74) is 1.99. The molecule has 0 aliphatic carbocycles. The molecule has 4 heteroatoms. The minimum atomic E-state index is 0.370. The number of hydrogen-bond acceptors (Lipinski definition) is 2. The molecule has 1 aromatic heterocycles. The molecule has 0 aliphatic heterocycles. The van der Waals surface area contributed by atoms with Crippen LogP contribution in [0.5, 0.6) is 0 Å². The molecule has 0 saturated heterocycles. The average Bonchev–Trinajstić information content (AvgIpc) is 2.31. The number of nitrogens with zero attached hydrogens (tertiary/aromatic N) is 2. The molecule has 0 aliphatic rings. The van der Waals surface area contributed by atoms with Gasteiger partial charge in [-0.05, 0) is 17.7 Å². The Labute approximate surface area is 103 Å². The quantitative estimate of drug-likeness (QED) is 0.767. The molecule has 0 amide bonds. The van der Waals surface area contributed by atoms with E-state index >= 15 is 0 Å². The zero-order valence-electron chi connectivity index (χ0n) is 8.11. The highest BCUT2D eigenvalue weighted by molar-refractivity contribution is 6.34. The zero-order valence-corrected chi connectivity index (χ0v) is 9.63. The topological polar surface area (TPSA) is 36.7 Å². The van der Waals surface area contributed by atoms with Crippen molar-refractivity contribution in [3.63, 3.8) is 0 Å². The van der Waals surface area contributed by atoms with Crippen LogP contribution in [-0.2, 0) is 0 Å². The number of nitriles is 1. The maximum atomic E-state index is 8.84. The molecule has 2 aromatic rings. The van der Waals surface area contributed by atoms with Crippen molar-refractivity contribution in [3.8, 4) is 17.2 Å². The summed E-state index contributed by atoms with van der Waals surface area (Å²) in [6.45, 7) is 0. The van der Waals surface area contributed by atoms with Crippen LogP contribution >= 0.6 is 23.2 Å². The maximum absolute atomic E-state index is 8.84. The van der Waals surface area contributed by atoms with Crippen LogP contribution in [0.15, 0.2) is 36.7 Å². The minimum absolute atomic E-state index is 0.370. The monoisotopic (exact) mass is 248 g/mol. The largest absolute Gasteiger partial charge is 0.263 e. The Balaban J connectivity index is 2.57. The highest BCUT2D eigenvalue weighted by atomic mass is 35.5. The fourth-order valence-electron chi connectivity index (χ4n) is 1.35. The molecule has 0 saturated carbocycles. The first kappa shape index (κ1) is 10.9. The third-order valence-electron chi connectivity index (χ3n) is 2.16. The van der Waals surface area contributed by atoms with E-state index < -0.39 is 0 Å². The molecule has 0 atom stereocenters. The van der Waals surface area contributed by atoms with Crippen molar-refractivity contribution in [3.05, 3.63) is 52.3 Å². The molecule has 0 unspecified atom stereocenters. The Kier molecular flexibility index (Phi) is 3.09. The van der Waals surface area contributed by atoms with Gasteiger partial charge in [0, 0.05) is 23.0 Å². The molecule has 2 nitrogen and oxygen atoms in total. The predicted octanol–water partition coefficient (Wildman–Crippen LogP) is 3.93. The number of halogens is 2. The number of pyridine rings is 1. The van der Waals surface area contributed by atoms with Crippen LogP contribution < -0.4 is 0 Å². The summed E-state index contributed by atoms with van der Waals surface area (Å²) in [5.74, 6) is 0. The Morgan fingerprint density at radius 3 is 2.38 bits per heavy atom. The summed E-state index contributed by atoms with van der Waals surface area (Å²) in [7, 11) is 0. The Hall–Kier alpha value is -1.56. The summed E-state index contributed by atoms with van der Waals surface area (Å²) in [4.78, 5) is 3.98. The van der Waals surface area contributed by atoms with Gasteiger partial charge in [-0.25, -0.2) is 0 Å². The van der Waals surface area contributed by atoms with E-state index in [-0.39, 0.29) is 0 Å². The number of benzene rings is 1. The molecule has 1 heterocycles. The van der Waals surface area contributed by atoms with E-state index in [9.17, 15) is 0 Å². The van der Waals surface area contributed by atoms with Crippen molar-refractivity contribution in [1.29, 1.82) is 5.26 Å². The van der Waals surface area contributed by atoms with Crippen molar-refractivity contribution >= 4 is 23.2 Å². The van der Waals surface area contributed by atoms with Crippen LogP contribution in [0.4, 0.5) is 0 Å². The first-order valence-electron chi connectivity index (χ1n) is 4.52. The van der Waals surface area contributed by atoms with Gasteiger partial charge < -0.3 is 0 Å². The highest BCUT2D eigenvalue weighted by Crippen LogP contribution is 2.29. The Bertz CT molecular complexity index is 556. The van der Waals surface area contributed by atoms with Crippen LogP contribution in [0.25, 0.3) is 11.1 Å². The third kappa shape index (κ3) is 2.01. The van der Waals surface area contributed by atoms with Gasteiger partial charge in [-0.3, -0.25) is 4.98 Å². The van der Waals surface area contributed by atoms with Crippen molar-refractivity contribution in [1.82, 2.24) is 4.98 Å². The van der Waals surface area contributed by atoms with Crippen molar-refractivity contribution in [2.24, 2.45) is 0 Å². The van der Waals surface area contributed by atoms with E-state index in [1.165, 1.54) is 6.20 Å². The fourth-order valence-corrected chi connectivity index (χ4v) is 1.73. The van der Waals surface area contributed by atoms with E-state index in [0.717, 1.165) is 11.1 Å². The molecular weight excluding hydrogens is 243 g/mol. The van der Waals surface area contributed by atoms with E-state index in [1.807, 2.05) is 18.2 Å². The van der Waals surface area contributed by atoms with Gasteiger partial charge in [0.1, 0.15) is 6.07 Å². The van der Waals surface area contributed by atoms with Crippen molar-refractivity contribution in [2.75, 3.05) is 0 Å². The first-order chi connectivity index (χ1) is 7.72. The average molecular weight is 249 g/mol. The predicted molar refractivity (Wildman–Crippen MR) is 64.4 cm³/mol. The molecule has 0 radical (unpaired) electrons. The van der Waals surface area contributed by atoms with Gasteiger partial charge in [0.25, 0.3) is 0 Å². The van der Waals surface area contributed by atoms with Crippen LogP contribution in [0.3, 0.4) is 0 Å². The molecule has 16 heavy (non-hydrogen) atoms. The van der Waals surface area contributed by atoms with Crippen molar-refractivity contribution in [2.45, 2.75) is 0 Å². The number of hydrogen-bond donors (Lipinski definition) is 0. The number of aromatic nitrogens is 1. The number of rotatable bonds is 1. The van der Waals surface area contributed by atoms with Gasteiger partial charge >= 0.3 is 0 Å². The van der Waals surface area contributed by atoms with Gasteiger partial charge in [0.2, 0.25) is 0 Å². The van der Waals surface area contributed by atoms with Gasteiger partial charge in [-0.15, -0.1) is 0 Å². The second kappa shape index (κ2) is 4.52. The molecule has 0 spiro atoms. The molecule has 0 fully saturated rings. The van der Waals surface area contributed by atoms with Crippen LogP contribution in [0.1, 0.15) is 5.56 Å². The summed E-state index contributed by atoms with van der Waals surface area (Å²) in [6.07, 6.45) is 3.08. The summed E-state index contributed by atoms with van der Waals surface area (Å²) >= 11 is 11.9. The van der Waals surface area contributed by atoms with Gasteiger partial charge in [0.15, 0.2) is 0 Å². The summed E-state index contributed by atoms with van der Waals surface area (Å²) in [5, 5.41) is 9.91. The van der Waals surface area contributed by atoms with Crippen LogP contribution in [-0.4, -0.2) is 4.98 Å². The van der Waals surface area contributed by atoms with Crippen molar-refractivity contribution < 1.29 is 0 Å². The fraction of sp³-hybridized carbons (Fsp3) is 0. The lowest BCUT2D eigenvalue weighted by Gasteiger charge is -2.04. The molecule has 2 rings (SSSR count). The lowest BCUT2D eigenvalue weighted by molar-refractivity contribution is 1.30. The molecular formula is C12H6Cl2N2. The first-order valence-corrected chi connectivity index (χ1v) is 5.27. The SMILES string of the molecule is N#Cc1cncc(-c2ccc(Cl)cc2)c1Cl. The van der Waals surface area contributed by atoms with E-state index in [2.05, 4.69) is 4.98 Å².